The highest BCUT2D eigenvalue weighted by Crippen LogP contribution is 2.18. The number of hydrogen-bond acceptors (Lipinski definition) is 4. The molecule has 5 nitrogen and oxygen atoms in total. The number of pyridine rings is 1. The van der Waals surface area contributed by atoms with E-state index in [4.69, 9.17) is 0 Å². The minimum atomic E-state index is -0.0760. The van der Waals surface area contributed by atoms with Crippen LogP contribution in [0.1, 0.15) is 51.6 Å². The Bertz CT molecular complexity index is 542. The molecule has 138 valence electrons. The number of amides is 1. The summed E-state index contributed by atoms with van der Waals surface area (Å²) in [5.41, 5.74) is 1.14. The average molecular weight is 345 g/mol. The molecule has 2 atom stereocenters. The van der Waals surface area contributed by atoms with E-state index in [9.17, 15) is 4.79 Å². The molecule has 3 heterocycles. The molecule has 3 rings (SSSR count). The maximum Gasteiger partial charge on any atom is 0.239 e. The Labute approximate surface area is 151 Å². The van der Waals surface area contributed by atoms with E-state index >= 15 is 0 Å². The molecule has 2 saturated heterocycles. The number of carbonyl (C=O) groups is 1. The molecule has 0 unspecified atom stereocenters. The van der Waals surface area contributed by atoms with Crippen LogP contribution >= 0.6 is 0 Å². The first kappa shape index (κ1) is 18.3. The molecular formula is C20H32N4O. The number of rotatable bonds is 5. The van der Waals surface area contributed by atoms with Gasteiger partial charge < -0.3 is 10.2 Å². The van der Waals surface area contributed by atoms with E-state index in [2.05, 4.69) is 33.1 Å². The molecule has 2 fully saturated rings. The molecule has 0 saturated carbocycles. The summed E-state index contributed by atoms with van der Waals surface area (Å²) < 4.78 is 0. The summed E-state index contributed by atoms with van der Waals surface area (Å²) >= 11 is 0. The summed E-state index contributed by atoms with van der Waals surface area (Å²) in [4.78, 5) is 21.7. The van der Waals surface area contributed by atoms with Gasteiger partial charge in [-0.05, 0) is 58.1 Å². The number of aromatic nitrogens is 1. The summed E-state index contributed by atoms with van der Waals surface area (Å²) in [6.07, 6.45) is 7.60. The van der Waals surface area contributed by atoms with Crippen molar-refractivity contribution in [3.05, 3.63) is 30.1 Å². The molecule has 1 amide bonds. The lowest BCUT2D eigenvalue weighted by molar-refractivity contribution is -0.136. The predicted molar refractivity (Wildman–Crippen MR) is 100 cm³/mol. The Morgan fingerprint density at radius 1 is 1.24 bits per heavy atom. The fourth-order valence-electron chi connectivity index (χ4n) is 4.08. The summed E-state index contributed by atoms with van der Waals surface area (Å²) in [5.74, 6) is 0.281. The van der Waals surface area contributed by atoms with Crippen LogP contribution in [-0.2, 0) is 11.3 Å². The van der Waals surface area contributed by atoms with Crippen LogP contribution in [0.15, 0.2) is 24.4 Å². The summed E-state index contributed by atoms with van der Waals surface area (Å²) in [7, 11) is 0. The van der Waals surface area contributed by atoms with Gasteiger partial charge in [-0.3, -0.25) is 14.7 Å². The molecule has 0 aromatic carbocycles. The van der Waals surface area contributed by atoms with Gasteiger partial charge in [0.25, 0.3) is 0 Å². The van der Waals surface area contributed by atoms with E-state index in [1.807, 2.05) is 25.3 Å². The van der Waals surface area contributed by atoms with E-state index in [1.54, 1.807) is 0 Å². The van der Waals surface area contributed by atoms with Crippen molar-refractivity contribution in [2.75, 3.05) is 19.6 Å². The predicted octanol–water partition coefficient (Wildman–Crippen LogP) is 2.43. The lowest BCUT2D eigenvalue weighted by Crippen LogP contribution is -2.54. The largest absolute Gasteiger partial charge is 0.339 e. The number of piperidine rings is 2. The van der Waals surface area contributed by atoms with Crippen LogP contribution in [0.3, 0.4) is 0 Å². The van der Waals surface area contributed by atoms with Crippen LogP contribution in [-0.4, -0.2) is 58.5 Å². The molecule has 1 aromatic rings. The highest BCUT2D eigenvalue weighted by atomic mass is 16.2. The molecule has 25 heavy (non-hydrogen) atoms. The quantitative estimate of drug-likeness (QED) is 0.891. The van der Waals surface area contributed by atoms with Crippen molar-refractivity contribution in [1.29, 1.82) is 0 Å². The van der Waals surface area contributed by atoms with Gasteiger partial charge in [0, 0.05) is 44.5 Å². The van der Waals surface area contributed by atoms with E-state index in [-0.39, 0.29) is 11.9 Å². The maximum atomic E-state index is 12.7. The Morgan fingerprint density at radius 2 is 2.04 bits per heavy atom. The molecule has 1 N–H and O–H groups in total. The van der Waals surface area contributed by atoms with Crippen molar-refractivity contribution in [2.24, 2.45) is 0 Å². The molecule has 0 aliphatic carbocycles. The van der Waals surface area contributed by atoms with E-state index in [0.717, 1.165) is 57.6 Å². The molecule has 0 bridgehead atoms. The van der Waals surface area contributed by atoms with Gasteiger partial charge in [0.05, 0.1) is 11.7 Å². The molecule has 2 aliphatic rings. The second-order valence-corrected chi connectivity index (χ2v) is 7.64. The van der Waals surface area contributed by atoms with Crippen molar-refractivity contribution in [2.45, 2.75) is 70.6 Å². The highest BCUT2D eigenvalue weighted by Gasteiger charge is 2.29. The zero-order valence-electron chi connectivity index (χ0n) is 15.7. The van der Waals surface area contributed by atoms with Gasteiger partial charge in [-0.15, -0.1) is 0 Å². The molecule has 5 heteroatoms. The van der Waals surface area contributed by atoms with Crippen LogP contribution in [0.25, 0.3) is 0 Å². The van der Waals surface area contributed by atoms with Crippen molar-refractivity contribution in [3.63, 3.8) is 0 Å². The van der Waals surface area contributed by atoms with E-state index in [1.165, 1.54) is 6.42 Å². The van der Waals surface area contributed by atoms with Crippen LogP contribution in [0.4, 0.5) is 0 Å². The van der Waals surface area contributed by atoms with Gasteiger partial charge in [0.1, 0.15) is 0 Å². The zero-order chi connectivity index (χ0) is 17.6. The Balaban J connectivity index is 1.43. The third-order valence-corrected chi connectivity index (χ3v) is 5.64. The minimum absolute atomic E-state index is 0.0760. The third kappa shape index (κ3) is 5.02. The smallest absolute Gasteiger partial charge is 0.239 e. The summed E-state index contributed by atoms with van der Waals surface area (Å²) in [6.45, 7) is 8.19. The number of hydrogen-bond donors (Lipinski definition) is 1. The van der Waals surface area contributed by atoms with Crippen LogP contribution in [0.2, 0.25) is 0 Å². The fraction of sp³-hybridized carbons (Fsp3) is 0.700. The first-order chi connectivity index (χ1) is 12.1. The van der Waals surface area contributed by atoms with Crippen molar-refractivity contribution in [1.82, 2.24) is 20.1 Å². The van der Waals surface area contributed by atoms with E-state index < -0.39 is 0 Å². The monoisotopic (exact) mass is 344 g/mol. The van der Waals surface area contributed by atoms with Crippen LogP contribution in [0.5, 0.6) is 0 Å². The minimum Gasteiger partial charge on any atom is -0.339 e. The van der Waals surface area contributed by atoms with E-state index in [0.29, 0.717) is 12.1 Å². The molecule has 2 aliphatic heterocycles. The molecular weight excluding hydrogens is 312 g/mol. The van der Waals surface area contributed by atoms with Crippen LogP contribution < -0.4 is 5.32 Å². The number of nitrogens with zero attached hydrogens (tertiary/aromatic N) is 3. The van der Waals surface area contributed by atoms with Gasteiger partial charge in [-0.1, -0.05) is 6.07 Å². The van der Waals surface area contributed by atoms with Crippen molar-refractivity contribution < 1.29 is 4.79 Å². The van der Waals surface area contributed by atoms with Crippen molar-refractivity contribution >= 4 is 5.91 Å². The standard InChI is InChI=1S/C20H32N4O/c1-16-7-4-6-12-24(16)20(25)17(2)22-18-9-13-23(14-10-18)15-19-8-3-5-11-21-19/h3,5,8,11,16-18,22H,4,6-7,9-10,12-15H2,1-2H3/t16-,17-/m0/s1. The average Bonchev–Trinajstić information content (AvgIpc) is 2.64. The van der Waals surface area contributed by atoms with Crippen LogP contribution in [0, 0.1) is 0 Å². The van der Waals surface area contributed by atoms with Gasteiger partial charge >= 0.3 is 0 Å². The fourth-order valence-corrected chi connectivity index (χ4v) is 4.08. The number of nitrogens with one attached hydrogen (secondary N) is 1. The lowest BCUT2D eigenvalue weighted by atomic mass is 10.0. The summed E-state index contributed by atoms with van der Waals surface area (Å²) in [6, 6.07) is 6.86. The Hall–Kier alpha value is -1.46. The topological polar surface area (TPSA) is 48.5 Å². The second-order valence-electron chi connectivity index (χ2n) is 7.64. The number of likely N-dealkylation sites (tertiary alicyclic amines) is 2. The zero-order valence-corrected chi connectivity index (χ0v) is 15.7. The first-order valence-corrected chi connectivity index (χ1v) is 9.82. The van der Waals surface area contributed by atoms with Gasteiger partial charge in [0.2, 0.25) is 5.91 Å². The lowest BCUT2D eigenvalue weighted by Gasteiger charge is -2.37. The number of carbonyl (C=O) groups excluding carboxylic acids is 1. The maximum absolute atomic E-state index is 12.7. The van der Waals surface area contributed by atoms with Gasteiger partial charge in [0.15, 0.2) is 0 Å². The highest BCUT2D eigenvalue weighted by molar-refractivity contribution is 5.81. The SMILES string of the molecule is C[C@H](NC1CCN(Cc2ccccn2)CC1)C(=O)N1CCCC[C@@H]1C. The van der Waals surface area contributed by atoms with Crippen molar-refractivity contribution in [3.8, 4) is 0 Å². The first-order valence-electron chi connectivity index (χ1n) is 9.82. The normalized spacial score (nSPS) is 24.2. The Morgan fingerprint density at radius 3 is 2.72 bits per heavy atom. The molecule has 0 radical (unpaired) electrons. The second kappa shape index (κ2) is 8.77. The summed E-state index contributed by atoms with van der Waals surface area (Å²) in [5, 5.41) is 3.59. The molecule has 0 spiro atoms. The Kier molecular flexibility index (Phi) is 6.43. The third-order valence-electron chi connectivity index (χ3n) is 5.64. The van der Waals surface area contributed by atoms with Gasteiger partial charge in [-0.25, -0.2) is 0 Å². The molecule has 1 aromatic heterocycles. The van der Waals surface area contributed by atoms with Gasteiger partial charge in [-0.2, -0.15) is 0 Å².